The zero-order chi connectivity index (χ0) is 47.5. The summed E-state index contributed by atoms with van der Waals surface area (Å²) in [7, 11) is 0. The van der Waals surface area contributed by atoms with E-state index in [1.54, 1.807) is 0 Å². The Morgan fingerprint density at radius 3 is 1.24 bits per heavy atom. The van der Waals surface area contributed by atoms with Crippen LogP contribution in [0.4, 0.5) is 34.1 Å². The minimum absolute atomic E-state index is 0.0283. The van der Waals surface area contributed by atoms with Gasteiger partial charge in [-0.2, -0.15) is 0 Å². The molecule has 0 radical (unpaired) electrons. The van der Waals surface area contributed by atoms with Crippen molar-refractivity contribution in [2.45, 2.75) is 24.7 Å². The summed E-state index contributed by atoms with van der Waals surface area (Å²) < 4.78 is 37.6. The first-order valence-corrected chi connectivity index (χ1v) is 22.8. The summed E-state index contributed by atoms with van der Waals surface area (Å²) in [4.78, 5) is 4.35. The van der Waals surface area contributed by atoms with E-state index >= 15 is 0 Å². The fourth-order valence-electron chi connectivity index (χ4n) is 11.4. The van der Waals surface area contributed by atoms with Gasteiger partial charge in [-0.3, -0.25) is 0 Å². The van der Waals surface area contributed by atoms with Gasteiger partial charge in [0, 0.05) is 39.5 Å². The molecule has 0 saturated heterocycles. The highest BCUT2D eigenvalue weighted by Gasteiger charge is 2.52. The molecular formula is C64H46N2. The average molecular weight is 847 g/mol. The van der Waals surface area contributed by atoms with E-state index in [4.69, 9.17) is 2.74 Å². The van der Waals surface area contributed by atoms with E-state index in [1.807, 2.05) is 65.6 Å². The summed E-state index contributed by atoms with van der Waals surface area (Å²) in [5.41, 5.74) is 19.5. The molecule has 1 spiro atoms. The number of benzene rings is 10. The lowest BCUT2D eigenvalue weighted by atomic mass is 9.70. The molecule has 3 aliphatic rings. The molecule has 0 saturated carbocycles. The van der Waals surface area contributed by atoms with Crippen LogP contribution in [-0.4, -0.2) is 0 Å². The van der Waals surface area contributed by atoms with Crippen LogP contribution in [0.5, 0.6) is 0 Å². The number of rotatable bonds is 7. The van der Waals surface area contributed by atoms with Crippen molar-refractivity contribution in [2.24, 2.45) is 0 Å². The highest BCUT2D eigenvalue weighted by atomic mass is 15.1. The molecule has 0 heterocycles. The van der Waals surface area contributed by atoms with Crippen LogP contribution in [0.15, 0.2) is 243 Å². The summed E-state index contributed by atoms with van der Waals surface area (Å²) in [5.74, 6) is 0. The Bertz CT molecular complexity index is 3740. The highest BCUT2D eigenvalue weighted by Crippen LogP contribution is 2.64. The SMILES string of the molecule is [2H]c1c([2H])c(-c2ccccc2)c([2H])c(N(c2ccccc2)c2ccc3c(c2)C2(c4ccccc4-c4ccc(N(c5ccccc5)c5ccc6c(c5)C(C)(C)c5ccccc5-6)cc42)c2ccccc2-3)c1[2H]. The molecule has 0 N–H and O–H groups in total. The minimum atomic E-state index is -0.745. The van der Waals surface area contributed by atoms with Gasteiger partial charge < -0.3 is 9.80 Å². The Morgan fingerprint density at radius 2 is 0.712 bits per heavy atom. The Morgan fingerprint density at radius 1 is 0.318 bits per heavy atom. The van der Waals surface area contributed by atoms with Gasteiger partial charge in [0.25, 0.3) is 0 Å². The monoisotopic (exact) mass is 846 g/mol. The molecule has 10 aromatic carbocycles. The molecule has 10 aromatic rings. The predicted octanol–water partition coefficient (Wildman–Crippen LogP) is 16.9. The van der Waals surface area contributed by atoms with Gasteiger partial charge in [0.05, 0.1) is 10.9 Å². The van der Waals surface area contributed by atoms with Gasteiger partial charge in [0.1, 0.15) is 0 Å². The molecule has 3 aliphatic carbocycles. The lowest BCUT2D eigenvalue weighted by Crippen LogP contribution is -2.26. The topological polar surface area (TPSA) is 6.48 Å². The quantitative estimate of drug-likeness (QED) is 0.158. The van der Waals surface area contributed by atoms with Crippen LogP contribution < -0.4 is 9.80 Å². The third-order valence-corrected chi connectivity index (χ3v) is 14.3. The van der Waals surface area contributed by atoms with E-state index < -0.39 is 5.41 Å². The molecule has 66 heavy (non-hydrogen) atoms. The van der Waals surface area contributed by atoms with Crippen molar-refractivity contribution in [3.8, 4) is 44.5 Å². The molecule has 2 nitrogen and oxygen atoms in total. The van der Waals surface area contributed by atoms with E-state index in [0.717, 1.165) is 45.1 Å². The Balaban J connectivity index is 1.06. The predicted molar refractivity (Wildman–Crippen MR) is 275 cm³/mol. The smallest absolute Gasteiger partial charge is 0.0727 e. The molecule has 0 amide bonds. The molecule has 0 bridgehead atoms. The van der Waals surface area contributed by atoms with Crippen molar-refractivity contribution >= 4 is 34.1 Å². The van der Waals surface area contributed by atoms with Crippen molar-refractivity contribution < 1.29 is 5.48 Å². The Hall–Kier alpha value is -8.20. The van der Waals surface area contributed by atoms with E-state index in [9.17, 15) is 2.74 Å². The summed E-state index contributed by atoms with van der Waals surface area (Å²) >= 11 is 0. The second-order valence-electron chi connectivity index (χ2n) is 18.1. The number of hydrogen-bond donors (Lipinski definition) is 0. The van der Waals surface area contributed by atoms with Crippen molar-refractivity contribution in [2.75, 3.05) is 9.80 Å². The minimum Gasteiger partial charge on any atom is -0.310 e. The zero-order valence-corrected chi connectivity index (χ0v) is 36.7. The summed E-state index contributed by atoms with van der Waals surface area (Å²) in [5, 5.41) is 0. The average Bonchev–Trinajstić information content (AvgIpc) is 3.95. The Labute approximate surface area is 393 Å². The van der Waals surface area contributed by atoms with Crippen LogP contribution in [-0.2, 0) is 10.8 Å². The van der Waals surface area contributed by atoms with E-state index in [1.165, 1.54) is 50.1 Å². The van der Waals surface area contributed by atoms with Gasteiger partial charge in [0.15, 0.2) is 0 Å². The van der Waals surface area contributed by atoms with Crippen molar-refractivity contribution in [3.63, 3.8) is 0 Å². The first kappa shape index (κ1) is 34.2. The van der Waals surface area contributed by atoms with Crippen LogP contribution in [0.1, 0.15) is 52.7 Å². The normalized spacial score (nSPS) is 16.2. The van der Waals surface area contributed by atoms with Gasteiger partial charge in [-0.15, -0.1) is 0 Å². The third kappa shape index (κ3) is 5.55. The first-order chi connectivity index (χ1) is 34.2. The summed E-state index contributed by atoms with van der Waals surface area (Å²) in [6.45, 7) is 4.67. The number of para-hydroxylation sites is 2. The largest absolute Gasteiger partial charge is 0.310 e. The number of fused-ring (bicyclic) bond motifs is 13. The number of nitrogens with zero attached hydrogens (tertiary/aromatic N) is 2. The maximum absolute atomic E-state index is 9.84. The maximum Gasteiger partial charge on any atom is 0.0727 e. The summed E-state index contributed by atoms with van der Waals surface area (Å²) in [6.07, 6.45) is 0. The van der Waals surface area contributed by atoms with E-state index in [0.29, 0.717) is 11.1 Å². The molecular weight excluding hydrogens is 797 g/mol. The molecule has 0 aliphatic heterocycles. The second kappa shape index (κ2) is 14.7. The lowest BCUT2D eigenvalue weighted by molar-refractivity contribution is 0.660. The van der Waals surface area contributed by atoms with Gasteiger partial charge in [-0.05, 0) is 151 Å². The van der Waals surface area contributed by atoms with Gasteiger partial charge >= 0.3 is 0 Å². The highest BCUT2D eigenvalue weighted by molar-refractivity contribution is 5.98. The van der Waals surface area contributed by atoms with Gasteiger partial charge in [-0.25, -0.2) is 0 Å². The van der Waals surface area contributed by atoms with Crippen molar-refractivity contribution in [1.29, 1.82) is 0 Å². The maximum atomic E-state index is 9.84. The van der Waals surface area contributed by atoms with E-state index in [2.05, 4.69) is 176 Å². The van der Waals surface area contributed by atoms with Crippen LogP contribution in [0.25, 0.3) is 44.5 Å². The number of anilines is 6. The molecule has 0 aromatic heterocycles. The lowest BCUT2D eigenvalue weighted by Gasteiger charge is -2.33. The van der Waals surface area contributed by atoms with E-state index in [-0.39, 0.29) is 35.3 Å². The summed E-state index contributed by atoms with van der Waals surface area (Å²) in [6, 6.07) is 76.4. The fourth-order valence-corrected chi connectivity index (χ4v) is 11.4. The van der Waals surface area contributed by atoms with Gasteiger partial charge in [0.2, 0.25) is 0 Å². The molecule has 312 valence electrons. The Kier molecular flexibility index (Phi) is 7.61. The van der Waals surface area contributed by atoms with Crippen LogP contribution in [0.3, 0.4) is 0 Å². The zero-order valence-electron chi connectivity index (χ0n) is 40.7. The fraction of sp³-hybridized carbons (Fsp3) is 0.0625. The first-order valence-electron chi connectivity index (χ1n) is 24.8. The second-order valence-corrected chi connectivity index (χ2v) is 18.1. The molecule has 1 atom stereocenters. The molecule has 13 rings (SSSR count). The van der Waals surface area contributed by atoms with Crippen molar-refractivity contribution in [1.82, 2.24) is 0 Å². The van der Waals surface area contributed by atoms with Crippen LogP contribution in [0.2, 0.25) is 0 Å². The number of hydrogen-bond acceptors (Lipinski definition) is 2. The van der Waals surface area contributed by atoms with Crippen LogP contribution in [0, 0.1) is 0 Å². The standard InChI is InChI=1S/C64H46N2/c1-63(2)57-30-15-12-27-51(57)54-36-33-48(40-60(54)63)66(46-24-10-5-11-25-46)50-35-38-56-53-29-14-17-32-59(53)64(62(56)42-50)58-31-16-13-28-52(58)55-37-34-49(41-61(55)64)65(45-22-8-4-9-23-45)47-26-18-21-44(39-47)43-19-6-3-7-20-43/h3-42H,1-2H3/i18D,21D,26D,39D. The van der Waals surface area contributed by atoms with Crippen LogP contribution >= 0.6 is 0 Å². The molecule has 2 heteroatoms. The molecule has 0 fully saturated rings. The van der Waals surface area contributed by atoms with Crippen molar-refractivity contribution in [3.05, 3.63) is 276 Å². The van der Waals surface area contributed by atoms with Gasteiger partial charge in [-0.1, -0.05) is 184 Å². The molecule has 1 unspecified atom stereocenters. The third-order valence-electron chi connectivity index (χ3n) is 14.3.